The van der Waals surface area contributed by atoms with Gasteiger partial charge in [-0.05, 0) is 55.5 Å². The zero-order valence-corrected chi connectivity index (χ0v) is 17.3. The Morgan fingerprint density at radius 2 is 1.96 bits per heavy atom. The molecule has 1 aliphatic heterocycles. The Hall–Kier alpha value is -1.85. The van der Waals surface area contributed by atoms with E-state index in [1.165, 1.54) is 0 Å². The number of hydrogen-bond acceptors (Lipinski definition) is 3. The molecular weight excluding hydrogens is 406 g/mol. The lowest BCUT2D eigenvalue weighted by atomic mass is 9.82. The van der Waals surface area contributed by atoms with Crippen molar-refractivity contribution in [3.05, 3.63) is 64.1 Å². The summed E-state index contributed by atoms with van der Waals surface area (Å²) in [6, 6.07) is 16.1. The Bertz CT molecular complexity index is 772. The summed E-state index contributed by atoms with van der Waals surface area (Å²) in [5, 5.41) is 3.32. The maximum absolute atomic E-state index is 12.8. The van der Waals surface area contributed by atoms with Gasteiger partial charge in [0.15, 0.2) is 0 Å². The summed E-state index contributed by atoms with van der Waals surface area (Å²) >= 11 is 3.55. The molecule has 1 N–H and O–H groups in total. The Labute approximate surface area is 169 Å². The van der Waals surface area contributed by atoms with E-state index in [2.05, 4.69) is 33.4 Å². The number of amides is 1. The molecule has 0 aliphatic carbocycles. The molecule has 1 fully saturated rings. The van der Waals surface area contributed by atoms with E-state index in [-0.39, 0.29) is 11.4 Å². The Balaban J connectivity index is 1.70. The van der Waals surface area contributed by atoms with Gasteiger partial charge in [0.1, 0.15) is 5.75 Å². The number of carbonyl (C=O) groups excluding carboxylic acids is 1. The number of halogens is 1. The lowest BCUT2D eigenvalue weighted by molar-refractivity contribution is -0.124. The van der Waals surface area contributed by atoms with Crippen LogP contribution >= 0.6 is 15.9 Å². The Morgan fingerprint density at radius 3 is 2.70 bits per heavy atom. The van der Waals surface area contributed by atoms with Crippen molar-refractivity contribution in [3.8, 4) is 5.75 Å². The molecule has 0 bridgehead atoms. The van der Waals surface area contributed by atoms with E-state index in [1.54, 1.807) is 0 Å². The van der Waals surface area contributed by atoms with Crippen LogP contribution in [0.4, 0.5) is 0 Å². The van der Waals surface area contributed by atoms with Crippen LogP contribution in [-0.2, 0) is 21.5 Å². The molecule has 0 aromatic heterocycles. The average Bonchev–Trinajstić information content (AvgIpc) is 2.68. The van der Waals surface area contributed by atoms with E-state index in [1.807, 2.05) is 43.3 Å². The number of aryl methyl sites for hydroxylation is 1. The van der Waals surface area contributed by atoms with Crippen molar-refractivity contribution < 1.29 is 14.3 Å². The van der Waals surface area contributed by atoms with E-state index in [4.69, 9.17) is 9.47 Å². The lowest BCUT2D eigenvalue weighted by Gasteiger charge is -2.38. The molecule has 1 heterocycles. The first-order valence-electron chi connectivity index (χ1n) is 9.48. The second kappa shape index (κ2) is 9.38. The maximum Gasteiger partial charge on any atom is 0.221 e. The SMILES string of the molecule is CCOc1ccccc1CCC(=O)NC1(c2cccc(Br)c2)CCOCC1. The molecule has 0 unspecified atom stereocenters. The van der Waals surface area contributed by atoms with E-state index < -0.39 is 0 Å². The molecule has 5 heteroatoms. The highest BCUT2D eigenvalue weighted by Gasteiger charge is 2.35. The van der Waals surface area contributed by atoms with Gasteiger partial charge in [0, 0.05) is 24.1 Å². The normalized spacial score (nSPS) is 15.9. The van der Waals surface area contributed by atoms with Crippen LogP contribution in [0.3, 0.4) is 0 Å². The second-order valence-corrected chi connectivity index (χ2v) is 7.71. The highest BCUT2D eigenvalue weighted by molar-refractivity contribution is 9.10. The fraction of sp³-hybridized carbons (Fsp3) is 0.409. The van der Waals surface area contributed by atoms with E-state index in [0.717, 1.165) is 34.2 Å². The molecule has 1 aliphatic rings. The first kappa shape index (κ1) is 19.9. The van der Waals surface area contributed by atoms with Crippen molar-refractivity contribution in [2.24, 2.45) is 0 Å². The molecule has 2 aromatic rings. The molecule has 0 atom stereocenters. The van der Waals surface area contributed by atoms with E-state index >= 15 is 0 Å². The third-order valence-electron chi connectivity index (χ3n) is 5.00. The van der Waals surface area contributed by atoms with Crippen LogP contribution in [0.1, 0.15) is 37.3 Å². The smallest absolute Gasteiger partial charge is 0.221 e. The number of para-hydroxylation sites is 1. The number of rotatable bonds is 7. The van der Waals surface area contributed by atoms with Gasteiger partial charge in [0.05, 0.1) is 12.1 Å². The minimum atomic E-state index is -0.363. The van der Waals surface area contributed by atoms with Crippen molar-refractivity contribution in [1.29, 1.82) is 0 Å². The minimum Gasteiger partial charge on any atom is -0.494 e. The fourth-order valence-corrected chi connectivity index (χ4v) is 3.98. The van der Waals surface area contributed by atoms with Crippen LogP contribution in [-0.4, -0.2) is 25.7 Å². The zero-order chi connectivity index (χ0) is 19.1. The summed E-state index contributed by atoms with van der Waals surface area (Å²) in [6.45, 7) is 3.89. The molecule has 2 aromatic carbocycles. The van der Waals surface area contributed by atoms with Gasteiger partial charge in [-0.3, -0.25) is 4.79 Å². The van der Waals surface area contributed by atoms with Gasteiger partial charge in [-0.25, -0.2) is 0 Å². The van der Waals surface area contributed by atoms with Crippen molar-refractivity contribution in [1.82, 2.24) is 5.32 Å². The second-order valence-electron chi connectivity index (χ2n) is 6.79. The van der Waals surface area contributed by atoms with Crippen LogP contribution in [0, 0.1) is 0 Å². The maximum atomic E-state index is 12.8. The standard InChI is InChI=1S/C22H26BrNO3/c1-2-27-20-9-4-3-6-17(20)10-11-21(25)24-22(12-14-26-15-13-22)18-7-5-8-19(23)16-18/h3-9,16H,2,10-15H2,1H3,(H,24,25). The average molecular weight is 432 g/mol. The van der Waals surface area contributed by atoms with Crippen LogP contribution < -0.4 is 10.1 Å². The summed E-state index contributed by atoms with van der Waals surface area (Å²) in [7, 11) is 0. The summed E-state index contributed by atoms with van der Waals surface area (Å²) < 4.78 is 12.2. The molecule has 0 saturated carbocycles. The van der Waals surface area contributed by atoms with Gasteiger partial charge in [-0.15, -0.1) is 0 Å². The quantitative estimate of drug-likeness (QED) is 0.696. The van der Waals surface area contributed by atoms with Crippen molar-refractivity contribution >= 4 is 21.8 Å². The largest absolute Gasteiger partial charge is 0.494 e. The third kappa shape index (κ3) is 5.11. The van der Waals surface area contributed by atoms with Gasteiger partial charge in [0.25, 0.3) is 0 Å². The van der Waals surface area contributed by atoms with Crippen LogP contribution in [0.25, 0.3) is 0 Å². The molecule has 1 amide bonds. The van der Waals surface area contributed by atoms with Crippen LogP contribution in [0.5, 0.6) is 5.75 Å². The number of nitrogens with one attached hydrogen (secondary N) is 1. The topological polar surface area (TPSA) is 47.6 Å². The van der Waals surface area contributed by atoms with Crippen molar-refractivity contribution in [3.63, 3.8) is 0 Å². The molecule has 3 rings (SSSR count). The molecule has 144 valence electrons. The Kier molecular flexibility index (Phi) is 6.91. The van der Waals surface area contributed by atoms with Gasteiger partial charge < -0.3 is 14.8 Å². The van der Waals surface area contributed by atoms with Gasteiger partial charge in [-0.2, -0.15) is 0 Å². The number of benzene rings is 2. The summed E-state index contributed by atoms with van der Waals surface area (Å²) in [4.78, 5) is 12.8. The molecular formula is C22H26BrNO3. The molecule has 27 heavy (non-hydrogen) atoms. The molecule has 0 radical (unpaired) electrons. The van der Waals surface area contributed by atoms with Crippen molar-refractivity contribution in [2.75, 3.05) is 19.8 Å². The van der Waals surface area contributed by atoms with E-state index in [9.17, 15) is 4.79 Å². The predicted octanol–water partition coefficient (Wildman–Crippen LogP) is 4.60. The zero-order valence-electron chi connectivity index (χ0n) is 15.7. The van der Waals surface area contributed by atoms with Gasteiger partial charge >= 0.3 is 0 Å². The fourth-order valence-electron chi connectivity index (χ4n) is 3.58. The summed E-state index contributed by atoms with van der Waals surface area (Å²) in [6.07, 6.45) is 2.66. The van der Waals surface area contributed by atoms with Crippen LogP contribution in [0.2, 0.25) is 0 Å². The highest BCUT2D eigenvalue weighted by atomic mass is 79.9. The lowest BCUT2D eigenvalue weighted by Crippen LogP contribution is -2.49. The highest BCUT2D eigenvalue weighted by Crippen LogP contribution is 2.33. The van der Waals surface area contributed by atoms with E-state index in [0.29, 0.717) is 32.7 Å². The molecule has 1 saturated heterocycles. The summed E-state index contributed by atoms with van der Waals surface area (Å²) in [5.74, 6) is 0.920. The molecule has 0 spiro atoms. The first-order valence-corrected chi connectivity index (χ1v) is 10.3. The monoisotopic (exact) mass is 431 g/mol. The third-order valence-corrected chi connectivity index (χ3v) is 5.49. The summed E-state index contributed by atoms with van der Waals surface area (Å²) in [5.41, 5.74) is 1.83. The minimum absolute atomic E-state index is 0.0585. The predicted molar refractivity (Wildman–Crippen MR) is 110 cm³/mol. The van der Waals surface area contributed by atoms with Gasteiger partial charge in [-0.1, -0.05) is 46.3 Å². The number of carbonyl (C=O) groups is 1. The van der Waals surface area contributed by atoms with Crippen molar-refractivity contribution in [2.45, 2.75) is 38.1 Å². The first-order chi connectivity index (χ1) is 13.1. The van der Waals surface area contributed by atoms with Crippen LogP contribution in [0.15, 0.2) is 53.0 Å². The Morgan fingerprint density at radius 1 is 1.19 bits per heavy atom. The van der Waals surface area contributed by atoms with Gasteiger partial charge in [0.2, 0.25) is 5.91 Å². The number of ether oxygens (including phenoxy) is 2. The molecule has 4 nitrogen and oxygen atoms in total. The number of hydrogen-bond donors (Lipinski definition) is 1.